The first-order chi connectivity index (χ1) is 7.27. The van der Waals surface area contributed by atoms with Crippen LogP contribution in [0.3, 0.4) is 0 Å². The highest BCUT2D eigenvalue weighted by Gasteiger charge is 2.28. The summed E-state index contributed by atoms with van der Waals surface area (Å²) in [7, 11) is 0. The van der Waals surface area contributed by atoms with Crippen molar-refractivity contribution in [3.63, 3.8) is 0 Å². The van der Waals surface area contributed by atoms with E-state index >= 15 is 0 Å². The van der Waals surface area contributed by atoms with Crippen LogP contribution < -0.4 is 0 Å². The maximum absolute atomic E-state index is 6.37. The highest BCUT2D eigenvalue weighted by Crippen LogP contribution is 2.36. The Balaban J connectivity index is 2.26. The zero-order chi connectivity index (χ0) is 11.1. The van der Waals surface area contributed by atoms with Crippen LogP contribution in [0.25, 0.3) is 0 Å². The molecule has 15 heavy (non-hydrogen) atoms. The Bertz CT molecular complexity index is 161. The number of rotatable bonds is 6. The Labute approximate surface area is 99.5 Å². The molecule has 0 spiro atoms. The van der Waals surface area contributed by atoms with Crippen molar-refractivity contribution >= 4 is 11.6 Å². The third-order valence-electron chi connectivity index (χ3n) is 3.53. The summed E-state index contributed by atoms with van der Waals surface area (Å²) in [5.41, 5.74) is 0. The first-order valence-corrected chi connectivity index (χ1v) is 6.93. The average Bonchev–Trinajstić information content (AvgIpc) is 2.23. The summed E-state index contributed by atoms with van der Waals surface area (Å²) in [6.07, 6.45) is 7.73. The van der Waals surface area contributed by atoms with Gasteiger partial charge in [-0.3, -0.25) is 0 Å². The fraction of sp³-hybridized carbons (Fsp3) is 1.00. The van der Waals surface area contributed by atoms with Crippen molar-refractivity contribution in [1.29, 1.82) is 0 Å². The molecule has 0 N–H and O–H groups in total. The molecular formula is C13H25ClO. The van der Waals surface area contributed by atoms with E-state index in [1.165, 1.54) is 32.1 Å². The van der Waals surface area contributed by atoms with E-state index in [2.05, 4.69) is 13.8 Å². The average molecular weight is 233 g/mol. The normalized spacial score (nSPS) is 31.8. The van der Waals surface area contributed by atoms with Crippen LogP contribution in [-0.2, 0) is 4.74 Å². The zero-order valence-corrected chi connectivity index (χ0v) is 10.9. The monoisotopic (exact) mass is 232 g/mol. The molecular weight excluding hydrogens is 208 g/mol. The predicted octanol–water partition coefficient (Wildman–Crippen LogP) is 4.24. The molecule has 0 radical (unpaired) electrons. The number of alkyl halides is 1. The minimum Gasteiger partial charge on any atom is -0.382 e. The summed E-state index contributed by atoms with van der Waals surface area (Å²) in [5.74, 6) is 1.63. The van der Waals surface area contributed by atoms with E-state index in [1.807, 2.05) is 0 Å². The largest absolute Gasteiger partial charge is 0.382 e. The molecule has 2 heteroatoms. The van der Waals surface area contributed by atoms with Crippen LogP contribution in [-0.4, -0.2) is 18.6 Å². The Morgan fingerprint density at radius 2 is 2.00 bits per heavy atom. The third kappa shape index (κ3) is 4.74. The van der Waals surface area contributed by atoms with E-state index in [0.717, 1.165) is 25.6 Å². The number of hydrogen-bond donors (Lipinski definition) is 0. The standard InChI is InChI=1S/C13H25ClO/c1-3-5-11-6-7-13(14)12(10-11)8-9-15-4-2/h11-13H,3-10H2,1-2H3. The van der Waals surface area contributed by atoms with E-state index in [-0.39, 0.29) is 0 Å². The van der Waals surface area contributed by atoms with E-state index in [1.54, 1.807) is 0 Å². The highest BCUT2D eigenvalue weighted by molar-refractivity contribution is 6.20. The first-order valence-electron chi connectivity index (χ1n) is 6.49. The molecule has 1 nitrogen and oxygen atoms in total. The van der Waals surface area contributed by atoms with Gasteiger partial charge in [0.05, 0.1) is 0 Å². The maximum Gasteiger partial charge on any atom is 0.0469 e. The molecule has 0 amide bonds. The molecule has 0 aromatic rings. The summed E-state index contributed by atoms with van der Waals surface area (Å²) in [5, 5.41) is 0.401. The smallest absolute Gasteiger partial charge is 0.0469 e. The molecule has 1 rings (SSSR count). The summed E-state index contributed by atoms with van der Waals surface area (Å²) < 4.78 is 5.42. The molecule has 1 aliphatic carbocycles. The molecule has 90 valence electrons. The van der Waals surface area contributed by atoms with Gasteiger partial charge in [0.1, 0.15) is 0 Å². The van der Waals surface area contributed by atoms with Gasteiger partial charge in [-0.1, -0.05) is 19.8 Å². The molecule has 3 atom stereocenters. The van der Waals surface area contributed by atoms with Crippen LogP contribution in [0, 0.1) is 11.8 Å². The fourth-order valence-electron chi connectivity index (χ4n) is 2.67. The van der Waals surface area contributed by atoms with Crippen LogP contribution in [0.15, 0.2) is 0 Å². The van der Waals surface area contributed by atoms with Gasteiger partial charge in [-0.2, -0.15) is 0 Å². The van der Waals surface area contributed by atoms with Crippen molar-refractivity contribution in [2.75, 3.05) is 13.2 Å². The molecule has 0 aromatic carbocycles. The van der Waals surface area contributed by atoms with Crippen LogP contribution in [0.1, 0.15) is 52.4 Å². The molecule has 0 aromatic heterocycles. The van der Waals surface area contributed by atoms with Crippen LogP contribution in [0.2, 0.25) is 0 Å². The van der Waals surface area contributed by atoms with E-state index in [0.29, 0.717) is 11.3 Å². The van der Waals surface area contributed by atoms with Gasteiger partial charge in [-0.15, -0.1) is 11.6 Å². The van der Waals surface area contributed by atoms with E-state index in [9.17, 15) is 0 Å². The number of hydrogen-bond acceptors (Lipinski definition) is 1. The highest BCUT2D eigenvalue weighted by atomic mass is 35.5. The van der Waals surface area contributed by atoms with Crippen molar-refractivity contribution < 1.29 is 4.74 Å². The second-order valence-corrected chi connectivity index (χ2v) is 5.29. The molecule has 1 saturated carbocycles. The van der Waals surface area contributed by atoms with Crippen molar-refractivity contribution in [2.45, 2.75) is 57.7 Å². The minimum atomic E-state index is 0.401. The molecule has 0 saturated heterocycles. The van der Waals surface area contributed by atoms with Gasteiger partial charge < -0.3 is 4.74 Å². The van der Waals surface area contributed by atoms with Crippen LogP contribution in [0.5, 0.6) is 0 Å². The van der Waals surface area contributed by atoms with Gasteiger partial charge in [-0.25, -0.2) is 0 Å². The summed E-state index contributed by atoms with van der Waals surface area (Å²) >= 11 is 6.37. The Hall–Kier alpha value is 0.250. The second kappa shape index (κ2) is 7.51. The minimum absolute atomic E-state index is 0.401. The van der Waals surface area contributed by atoms with Crippen LogP contribution in [0.4, 0.5) is 0 Å². The van der Waals surface area contributed by atoms with Crippen molar-refractivity contribution in [3.8, 4) is 0 Å². The third-order valence-corrected chi connectivity index (χ3v) is 4.11. The molecule has 1 aliphatic rings. The van der Waals surface area contributed by atoms with Gasteiger partial charge in [0.15, 0.2) is 0 Å². The molecule has 0 heterocycles. The Kier molecular flexibility index (Phi) is 6.67. The topological polar surface area (TPSA) is 9.23 Å². The molecule has 3 unspecified atom stereocenters. The van der Waals surface area contributed by atoms with Crippen LogP contribution >= 0.6 is 11.6 Å². The van der Waals surface area contributed by atoms with Gasteiger partial charge in [0.25, 0.3) is 0 Å². The lowest BCUT2D eigenvalue weighted by atomic mass is 9.78. The predicted molar refractivity (Wildman–Crippen MR) is 66.5 cm³/mol. The maximum atomic E-state index is 6.37. The summed E-state index contributed by atoms with van der Waals surface area (Å²) in [6, 6.07) is 0. The lowest BCUT2D eigenvalue weighted by Crippen LogP contribution is -2.26. The molecule has 1 fully saturated rings. The zero-order valence-electron chi connectivity index (χ0n) is 10.2. The quantitative estimate of drug-likeness (QED) is 0.492. The van der Waals surface area contributed by atoms with Crippen molar-refractivity contribution in [1.82, 2.24) is 0 Å². The van der Waals surface area contributed by atoms with E-state index in [4.69, 9.17) is 16.3 Å². The van der Waals surface area contributed by atoms with Crippen molar-refractivity contribution in [3.05, 3.63) is 0 Å². The Morgan fingerprint density at radius 3 is 2.67 bits per heavy atom. The second-order valence-electron chi connectivity index (χ2n) is 4.73. The first kappa shape index (κ1) is 13.3. The number of halogens is 1. The lowest BCUT2D eigenvalue weighted by Gasteiger charge is -2.33. The lowest BCUT2D eigenvalue weighted by molar-refractivity contribution is 0.118. The summed E-state index contributed by atoms with van der Waals surface area (Å²) in [4.78, 5) is 0. The summed E-state index contributed by atoms with van der Waals surface area (Å²) in [6.45, 7) is 6.06. The molecule has 0 bridgehead atoms. The van der Waals surface area contributed by atoms with Gasteiger partial charge in [-0.05, 0) is 44.4 Å². The van der Waals surface area contributed by atoms with Gasteiger partial charge in [0.2, 0.25) is 0 Å². The molecule has 0 aliphatic heterocycles. The Morgan fingerprint density at radius 1 is 1.20 bits per heavy atom. The van der Waals surface area contributed by atoms with Gasteiger partial charge in [0, 0.05) is 18.6 Å². The van der Waals surface area contributed by atoms with Crippen molar-refractivity contribution in [2.24, 2.45) is 11.8 Å². The van der Waals surface area contributed by atoms with Gasteiger partial charge >= 0.3 is 0 Å². The SMILES string of the molecule is CCCC1CCC(Cl)C(CCOCC)C1. The fourth-order valence-corrected chi connectivity index (χ4v) is 3.03. The van der Waals surface area contributed by atoms with E-state index < -0.39 is 0 Å². The number of ether oxygens (including phenoxy) is 1.